The van der Waals surface area contributed by atoms with Crippen molar-refractivity contribution in [3.63, 3.8) is 0 Å². The second-order valence-corrected chi connectivity index (χ2v) is 8.87. The third-order valence-electron chi connectivity index (χ3n) is 6.99. The summed E-state index contributed by atoms with van der Waals surface area (Å²) in [7, 11) is 0. The quantitative estimate of drug-likeness (QED) is 0.709. The average Bonchev–Trinajstić information content (AvgIpc) is 2.73. The first-order chi connectivity index (χ1) is 14.0. The van der Waals surface area contributed by atoms with Crippen LogP contribution in [-0.2, 0) is 11.4 Å². The van der Waals surface area contributed by atoms with Crippen LogP contribution >= 0.6 is 0 Å². The van der Waals surface area contributed by atoms with E-state index in [2.05, 4.69) is 6.92 Å². The molecule has 0 aliphatic heterocycles. The molecular weight excluding hydrogens is 360 g/mol. The van der Waals surface area contributed by atoms with Crippen LogP contribution in [0.5, 0.6) is 5.75 Å². The highest BCUT2D eigenvalue weighted by molar-refractivity contribution is 6.02. The van der Waals surface area contributed by atoms with Crippen LogP contribution in [0.15, 0.2) is 60.2 Å². The zero-order valence-corrected chi connectivity index (χ0v) is 17.3. The van der Waals surface area contributed by atoms with Gasteiger partial charge in [-0.1, -0.05) is 68.8 Å². The van der Waals surface area contributed by atoms with Gasteiger partial charge < -0.3 is 9.84 Å². The van der Waals surface area contributed by atoms with Crippen LogP contribution in [0.1, 0.15) is 50.7 Å². The van der Waals surface area contributed by atoms with E-state index in [-0.39, 0.29) is 29.1 Å². The molecule has 2 aliphatic carbocycles. The molecule has 29 heavy (non-hydrogen) atoms. The number of Topliss-reactive ketones (excluding diaryl/α,β-unsaturated/α-hetero) is 1. The number of aliphatic hydroxyl groups excluding tert-OH is 1. The molecule has 0 heterocycles. The Morgan fingerprint density at radius 3 is 2.62 bits per heavy atom. The lowest BCUT2D eigenvalue weighted by atomic mass is 9.54. The fourth-order valence-electron chi connectivity index (χ4n) is 5.26. The first kappa shape index (κ1) is 19.9. The predicted molar refractivity (Wildman–Crippen MR) is 115 cm³/mol. The first-order valence-electron chi connectivity index (χ1n) is 10.7. The Kier molecular flexibility index (Phi) is 5.60. The molecule has 4 atom stereocenters. The molecule has 0 spiro atoms. The molecule has 1 N–H and O–H groups in total. The molecule has 3 nitrogen and oxygen atoms in total. The number of ether oxygens (including phenoxy) is 1. The number of benzene rings is 2. The van der Waals surface area contributed by atoms with Gasteiger partial charge in [0.15, 0.2) is 5.78 Å². The predicted octanol–water partition coefficient (Wildman–Crippen LogP) is 5.43. The Balaban J connectivity index is 1.61. The van der Waals surface area contributed by atoms with Crippen molar-refractivity contribution in [3.05, 3.63) is 71.3 Å². The molecule has 2 aliphatic rings. The van der Waals surface area contributed by atoms with Gasteiger partial charge in [-0.3, -0.25) is 4.79 Å². The number of allylic oxidation sites excluding steroid dienone is 1. The lowest BCUT2D eigenvalue weighted by Crippen LogP contribution is -2.51. The van der Waals surface area contributed by atoms with Gasteiger partial charge in [-0.25, -0.2) is 0 Å². The molecule has 0 amide bonds. The minimum Gasteiger partial charge on any atom is -0.488 e. The van der Waals surface area contributed by atoms with Crippen LogP contribution in [0.3, 0.4) is 0 Å². The monoisotopic (exact) mass is 390 g/mol. The number of carbonyl (C=O) groups excluding carboxylic acids is 1. The Bertz CT molecular complexity index is 901. The zero-order chi connectivity index (χ0) is 20.4. The van der Waals surface area contributed by atoms with Crippen LogP contribution in [0, 0.1) is 17.3 Å². The Labute approximate surface area is 173 Å². The summed E-state index contributed by atoms with van der Waals surface area (Å²) < 4.78 is 6.07. The standard InChI is InChI=1S/C26H30O3/c1-18-22-12-8-14-24(27)26(22,2)16-21(25(18)28)15-20-11-6-7-13-23(20)29-17-19-9-4-3-5-10-19/h3-7,9-11,13,15,18,22,24,27H,8,12,14,16-17H2,1-2H3/b21-15+/t18?,22?,24-,26-/m0/s1. The van der Waals surface area contributed by atoms with Gasteiger partial charge in [0, 0.05) is 16.9 Å². The van der Waals surface area contributed by atoms with Crippen molar-refractivity contribution in [2.24, 2.45) is 17.3 Å². The Morgan fingerprint density at radius 1 is 1.10 bits per heavy atom. The fraction of sp³-hybridized carbons (Fsp3) is 0.423. The van der Waals surface area contributed by atoms with Crippen LogP contribution < -0.4 is 4.74 Å². The summed E-state index contributed by atoms with van der Waals surface area (Å²) in [5.41, 5.74) is 2.62. The van der Waals surface area contributed by atoms with Gasteiger partial charge in [0.2, 0.25) is 0 Å². The number of aliphatic hydroxyl groups is 1. The highest BCUT2D eigenvalue weighted by atomic mass is 16.5. The molecule has 3 heteroatoms. The molecule has 0 bridgehead atoms. The number of rotatable bonds is 4. The molecule has 152 valence electrons. The highest BCUT2D eigenvalue weighted by Gasteiger charge is 2.51. The Morgan fingerprint density at radius 2 is 1.83 bits per heavy atom. The van der Waals surface area contributed by atoms with Gasteiger partial charge in [0.1, 0.15) is 12.4 Å². The normalized spacial score (nSPS) is 30.8. The number of carbonyl (C=O) groups is 1. The zero-order valence-electron chi connectivity index (χ0n) is 17.3. The van der Waals surface area contributed by atoms with Gasteiger partial charge in [0.25, 0.3) is 0 Å². The second kappa shape index (κ2) is 8.16. The fourth-order valence-corrected chi connectivity index (χ4v) is 5.26. The van der Waals surface area contributed by atoms with Crippen molar-refractivity contribution in [1.82, 2.24) is 0 Å². The van der Waals surface area contributed by atoms with E-state index >= 15 is 0 Å². The molecule has 2 unspecified atom stereocenters. The number of ketones is 1. The molecule has 2 fully saturated rings. The summed E-state index contributed by atoms with van der Waals surface area (Å²) in [6.45, 7) is 4.69. The topological polar surface area (TPSA) is 46.5 Å². The molecule has 0 radical (unpaired) electrons. The van der Waals surface area contributed by atoms with Gasteiger partial charge in [-0.2, -0.15) is 0 Å². The van der Waals surface area contributed by atoms with E-state index in [1.165, 1.54) is 0 Å². The van der Waals surface area contributed by atoms with E-state index in [0.29, 0.717) is 13.0 Å². The van der Waals surface area contributed by atoms with E-state index < -0.39 is 0 Å². The largest absolute Gasteiger partial charge is 0.488 e. The molecule has 2 aromatic rings. The summed E-state index contributed by atoms with van der Waals surface area (Å²) in [4.78, 5) is 13.1. The van der Waals surface area contributed by atoms with Crippen LogP contribution in [0.2, 0.25) is 0 Å². The first-order valence-corrected chi connectivity index (χ1v) is 10.7. The van der Waals surface area contributed by atoms with Crippen molar-refractivity contribution < 1.29 is 14.6 Å². The highest BCUT2D eigenvalue weighted by Crippen LogP contribution is 2.53. The van der Waals surface area contributed by atoms with E-state index in [1.807, 2.05) is 67.6 Å². The summed E-state index contributed by atoms with van der Waals surface area (Å²) in [6, 6.07) is 17.9. The lowest BCUT2D eigenvalue weighted by molar-refractivity contribution is -0.133. The maximum Gasteiger partial charge on any atom is 0.161 e. The average molecular weight is 391 g/mol. The maximum absolute atomic E-state index is 13.1. The minimum atomic E-state index is -0.343. The lowest BCUT2D eigenvalue weighted by Gasteiger charge is -2.51. The summed E-state index contributed by atoms with van der Waals surface area (Å²) in [6.07, 6.45) is 5.15. The molecule has 2 aromatic carbocycles. The Hall–Kier alpha value is -2.39. The van der Waals surface area contributed by atoms with E-state index in [9.17, 15) is 9.90 Å². The smallest absolute Gasteiger partial charge is 0.161 e. The van der Waals surface area contributed by atoms with E-state index in [0.717, 1.165) is 41.7 Å². The van der Waals surface area contributed by atoms with Crippen molar-refractivity contribution >= 4 is 11.9 Å². The van der Waals surface area contributed by atoms with Gasteiger partial charge >= 0.3 is 0 Å². The number of para-hydroxylation sites is 1. The SMILES string of the molecule is CC1C(=O)/C(=C/c2ccccc2OCc2ccccc2)C[C@@]2(C)C1CCC[C@@H]2O. The third kappa shape index (κ3) is 3.89. The van der Waals surface area contributed by atoms with Crippen LogP contribution in [0.25, 0.3) is 6.08 Å². The van der Waals surface area contributed by atoms with Crippen molar-refractivity contribution in [2.45, 2.75) is 52.2 Å². The molecule has 0 saturated heterocycles. The van der Waals surface area contributed by atoms with Gasteiger partial charge in [0.05, 0.1) is 6.10 Å². The molecular formula is C26H30O3. The van der Waals surface area contributed by atoms with Crippen LogP contribution in [-0.4, -0.2) is 17.0 Å². The summed E-state index contributed by atoms with van der Waals surface area (Å²) >= 11 is 0. The van der Waals surface area contributed by atoms with Crippen molar-refractivity contribution in [1.29, 1.82) is 0 Å². The van der Waals surface area contributed by atoms with Gasteiger partial charge in [-0.15, -0.1) is 0 Å². The maximum atomic E-state index is 13.1. The number of hydrogen-bond donors (Lipinski definition) is 1. The number of fused-ring (bicyclic) bond motifs is 1. The molecule has 4 rings (SSSR count). The van der Waals surface area contributed by atoms with Crippen molar-refractivity contribution in [3.8, 4) is 5.75 Å². The molecule has 2 saturated carbocycles. The van der Waals surface area contributed by atoms with Gasteiger partial charge in [-0.05, 0) is 48.5 Å². The van der Waals surface area contributed by atoms with Crippen molar-refractivity contribution in [2.75, 3.05) is 0 Å². The van der Waals surface area contributed by atoms with Crippen LogP contribution in [0.4, 0.5) is 0 Å². The van der Waals surface area contributed by atoms with E-state index in [4.69, 9.17) is 4.74 Å². The molecule has 0 aromatic heterocycles. The third-order valence-corrected chi connectivity index (χ3v) is 6.99. The second-order valence-electron chi connectivity index (χ2n) is 8.87. The number of hydrogen-bond acceptors (Lipinski definition) is 3. The minimum absolute atomic E-state index is 0.0488. The van der Waals surface area contributed by atoms with E-state index in [1.54, 1.807) is 0 Å². The summed E-state index contributed by atoms with van der Waals surface area (Å²) in [5, 5.41) is 10.8. The summed E-state index contributed by atoms with van der Waals surface area (Å²) in [5.74, 6) is 1.22.